The Hall–Kier alpha value is -1.65. The molecule has 0 unspecified atom stereocenters. The van der Waals surface area contributed by atoms with Crippen LogP contribution in [0.25, 0.3) is 0 Å². The van der Waals surface area contributed by atoms with Gasteiger partial charge in [0.1, 0.15) is 12.4 Å². The predicted molar refractivity (Wildman–Crippen MR) is 182 cm³/mol. The van der Waals surface area contributed by atoms with Gasteiger partial charge in [-0.3, -0.25) is 4.79 Å². The second-order valence-corrected chi connectivity index (χ2v) is 15.7. The van der Waals surface area contributed by atoms with E-state index in [1.807, 2.05) is 26.8 Å². The van der Waals surface area contributed by atoms with Crippen LogP contribution in [0.4, 0.5) is 0 Å². The molecule has 5 heterocycles. The molecule has 0 bridgehead atoms. The number of aliphatic hydroxyl groups excluding tert-OH is 1. The maximum atomic E-state index is 11.7. The highest BCUT2D eigenvalue weighted by Crippen LogP contribution is 2.49. The van der Waals surface area contributed by atoms with E-state index in [0.29, 0.717) is 25.2 Å². The van der Waals surface area contributed by atoms with Crippen molar-refractivity contribution in [2.24, 2.45) is 5.92 Å². The number of hydrogen-bond acceptors (Lipinski definition) is 8. The molecule has 0 saturated carbocycles. The maximum Gasteiger partial charge on any atom is 0.143 e. The largest absolute Gasteiger partial charge is 0.390 e. The van der Waals surface area contributed by atoms with Crippen molar-refractivity contribution in [2.45, 2.75) is 184 Å². The van der Waals surface area contributed by atoms with Crippen molar-refractivity contribution in [3.8, 4) is 0 Å². The summed E-state index contributed by atoms with van der Waals surface area (Å²) in [4.78, 5) is 10.9. The van der Waals surface area contributed by atoms with Gasteiger partial charge in [0.2, 0.25) is 0 Å². The monoisotopic (exact) mass is 656 g/mol. The van der Waals surface area contributed by atoms with E-state index in [4.69, 9.17) is 23.7 Å². The molecule has 8 heteroatoms. The number of allylic oxidation sites excluding steroid dienone is 7. The molecule has 0 aromatic rings. The molecular formula is C39H60O8. The Kier molecular flexibility index (Phi) is 11.7. The van der Waals surface area contributed by atoms with Crippen molar-refractivity contribution in [3.05, 3.63) is 48.1 Å². The minimum atomic E-state index is -0.926. The van der Waals surface area contributed by atoms with Gasteiger partial charge in [-0.1, -0.05) is 43.4 Å². The van der Waals surface area contributed by atoms with E-state index in [2.05, 4.69) is 39.5 Å². The summed E-state index contributed by atoms with van der Waals surface area (Å²) in [5.74, 6) is 0.294. The first-order valence-electron chi connectivity index (χ1n) is 18.1. The number of aldehydes is 1. The van der Waals surface area contributed by atoms with E-state index in [-0.39, 0.29) is 42.7 Å². The smallest absolute Gasteiger partial charge is 0.143 e. The first-order valence-corrected chi connectivity index (χ1v) is 18.1. The molecule has 5 aliphatic heterocycles. The molecule has 5 aliphatic rings. The van der Waals surface area contributed by atoms with E-state index >= 15 is 0 Å². The van der Waals surface area contributed by atoms with E-state index in [1.54, 1.807) is 12.2 Å². The van der Waals surface area contributed by atoms with E-state index in [9.17, 15) is 15.0 Å². The SMILES string of the molecule is C=C/C=C\CC[C@H]1O[C@H]2CC[C@@]3(C)O[C@H]4[C@@H](O)C[C@@]5(C)O[C@@H](CC/C=C(C)/C(C)=C/C=O)[C@@H](C)C[C@@H]5O[C@@H]4C[C@@H]3O[C@@H]2CC[C@@]1(C)O. The van der Waals surface area contributed by atoms with Crippen LogP contribution >= 0.6 is 0 Å². The third kappa shape index (κ3) is 8.22. The second-order valence-electron chi connectivity index (χ2n) is 15.7. The zero-order chi connectivity index (χ0) is 34.0. The van der Waals surface area contributed by atoms with Gasteiger partial charge in [-0.2, -0.15) is 0 Å². The molecule has 2 N–H and O–H groups in total. The van der Waals surface area contributed by atoms with Crippen molar-refractivity contribution in [2.75, 3.05) is 0 Å². The fourth-order valence-corrected chi connectivity index (χ4v) is 8.63. The molecule has 5 rings (SSSR count). The average Bonchev–Trinajstić information content (AvgIpc) is 3.27. The van der Waals surface area contributed by atoms with Gasteiger partial charge in [0.25, 0.3) is 0 Å². The molecular weight excluding hydrogens is 596 g/mol. The highest BCUT2D eigenvalue weighted by Gasteiger charge is 2.58. The zero-order valence-corrected chi connectivity index (χ0v) is 29.6. The number of aliphatic hydroxyl groups is 2. The van der Waals surface area contributed by atoms with Gasteiger partial charge in [0, 0.05) is 12.8 Å². The van der Waals surface area contributed by atoms with Gasteiger partial charge in [-0.05, 0) is 110 Å². The average molecular weight is 657 g/mol. The summed E-state index contributed by atoms with van der Waals surface area (Å²) in [5, 5.41) is 23.0. The van der Waals surface area contributed by atoms with E-state index in [1.165, 1.54) is 0 Å². The third-order valence-corrected chi connectivity index (χ3v) is 11.9. The first kappa shape index (κ1) is 36.6. The molecule has 0 amide bonds. The van der Waals surface area contributed by atoms with E-state index in [0.717, 1.165) is 68.8 Å². The van der Waals surface area contributed by atoms with Crippen LogP contribution in [-0.2, 0) is 28.5 Å². The molecule has 13 atom stereocenters. The number of rotatable bonds is 9. The second kappa shape index (κ2) is 15.1. The number of hydrogen-bond donors (Lipinski definition) is 2. The summed E-state index contributed by atoms with van der Waals surface area (Å²) < 4.78 is 34.2. The fraction of sp³-hybridized carbons (Fsp3) is 0.769. The Morgan fingerprint density at radius 3 is 2.34 bits per heavy atom. The van der Waals surface area contributed by atoms with Crippen molar-refractivity contribution >= 4 is 6.29 Å². The van der Waals surface area contributed by atoms with Crippen LogP contribution in [0.5, 0.6) is 0 Å². The van der Waals surface area contributed by atoms with Crippen LogP contribution in [0.3, 0.4) is 0 Å². The summed E-state index contributed by atoms with van der Waals surface area (Å²) in [6.07, 6.45) is 16.0. The molecule has 5 saturated heterocycles. The summed E-state index contributed by atoms with van der Waals surface area (Å²) in [7, 11) is 0. The number of ether oxygens (including phenoxy) is 5. The maximum absolute atomic E-state index is 11.7. The van der Waals surface area contributed by atoms with Crippen LogP contribution in [-0.4, -0.2) is 88.2 Å². The molecule has 0 aromatic heterocycles. The van der Waals surface area contributed by atoms with Crippen LogP contribution in [0.1, 0.15) is 112 Å². The standard InChI is InChI=1S/C39H60O8/c1-8-9-10-11-15-33-37(5,42)19-16-30-31(43-33)17-20-38(6)35(44-30)23-32-36(47-38)28(41)24-39(7)34(45-32)22-27(4)29(46-39)14-12-13-25(2)26(3)18-21-40/h8-10,13,18,21,27-36,41-42H,1,11-12,14-17,19-20,22-24H2,2-7H3/b10-9-,25-13+,26-18+/t27-,28-,29-,30+,31-,32+,33+,34-,35-,36-,37+,38+,39+/m0/s1. The topological polar surface area (TPSA) is 104 Å². The van der Waals surface area contributed by atoms with Gasteiger partial charge < -0.3 is 33.9 Å². The van der Waals surface area contributed by atoms with Gasteiger partial charge in [0.05, 0.1) is 65.6 Å². The highest BCUT2D eigenvalue weighted by molar-refractivity contribution is 5.67. The number of fused-ring (bicyclic) bond motifs is 4. The Morgan fingerprint density at radius 1 is 0.894 bits per heavy atom. The summed E-state index contributed by atoms with van der Waals surface area (Å²) in [6, 6.07) is 0. The third-order valence-electron chi connectivity index (χ3n) is 11.9. The molecule has 0 spiro atoms. The lowest BCUT2D eigenvalue weighted by Crippen LogP contribution is -2.59. The first-order chi connectivity index (χ1) is 22.3. The van der Waals surface area contributed by atoms with Crippen molar-refractivity contribution in [1.29, 1.82) is 0 Å². The van der Waals surface area contributed by atoms with Crippen LogP contribution in [0.2, 0.25) is 0 Å². The molecule has 5 fully saturated rings. The predicted octanol–water partition coefficient (Wildman–Crippen LogP) is 6.48. The summed E-state index contributed by atoms with van der Waals surface area (Å²) in [5.41, 5.74) is -0.0535. The summed E-state index contributed by atoms with van der Waals surface area (Å²) >= 11 is 0. The molecule has 8 nitrogen and oxygen atoms in total. The minimum absolute atomic E-state index is 0.0469. The van der Waals surface area contributed by atoms with Crippen molar-refractivity contribution in [3.63, 3.8) is 0 Å². The Labute approximate surface area is 282 Å². The highest BCUT2D eigenvalue weighted by atomic mass is 16.6. The quantitative estimate of drug-likeness (QED) is 0.165. The van der Waals surface area contributed by atoms with Crippen LogP contribution < -0.4 is 0 Å². The van der Waals surface area contributed by atoms with Crippen molar-refractivity contribution < 1.29 is 38.7 Å². The van der Waals surface area contributed by atoms with Crippen molar-refractivity contribution in [1.82, 2.24) is 0 Å². The lowest BCUT2D eigenvalue weighted by atomic mass is 9.79. The minimum Gasteiger partial charge on any atom is -0.390 e. The van der Waals surface area contributed by atoms with Gasteiger partial charge in [-0.15, -0.1) is 0 Å². The Bertz CT molecular complexity index is 1190. The Morgan fingerprint density at radius 2 is 1.60 bits per heavy atom. The number of carbonyl (C=O) groups is 1. The summed E-state index contributed by atoms with van der Waals surface area (Å²) in [6.45, 7) is 16.1. The normalized spacial score (nSPS) is 46.2. The van der Waals surface area contributed by atoms with Gasteiger partial charge >= 0.3 is 0 Å². The number of carbonyl (C=O) groups excluding carboxylic acids is 1. The lowest BCUT2D eigenvalue weighted by Gasteiger charge is -2.49. The zero-order valence-electron chi connectivity index (χ0n) is 29.6. The van der Waals surface area contributed by atoms with Gasteiger partial charge in [0.15, 0.2) is 0 Å². The molecule has 0 aromatic carbocycles. The van der Waals surface area contributed by atoms with Gasteiger partial charge in [-0.25, -0.2) is 0 Å². The lowest BCUT2D eigenvalue weighted by molar-refractivity contribution is -0.273. The molecule has 0 aliphatic carbocycles. The van der Waals surface area contributed by atoms with Crippen LogP contribution in [0, 0.1) is 5.92 Å². The van der Waals surface area contributed by atoms with Crippen LogP contribution in [0.15, 0.2) is 48.1 Å². The molecule has 47 heavy (non-hydrogen) atoms. The molecule has 264 valence electrons. The molecule has 0 radical (unpaired) electrons. The van der Waals surface area contributed by atoms with E-state index < -0.39 is 29.0 Å². The fourth-order valence-electron chi connectivity index (χ4n) is 8.63. The Balaban J connectivity index is 1.26.